The van der Waals surface area contributed by atoms with Gasteiger partial charge in [-0.05, 0) is 60.7 Å². The zero-order valence-electron chi connectivity index (χ0n) is 14.4. The third kappa shape index (κ3) is 4.46. The number of fused-ring (bicyclic) bond motifs is 1. The second kappa shape index (κ2) is 7.95. The van der Waals surface area contributed by atoms with E-state index in [9.17, 15) is 10.2 Å². The topological polar surface area (TPSA) is 53.4 Å². The molecule has 0 bridgehead atoms. The molecule has 0 saturated heterocycles. The maximum Gasteiger partial charge on any atom is 0.133 e. The van der Waals surface area contributed by atoms with Crippen LogP contribution >= 0.6 is 0 Å². The molecule has 2 N–H and O–H groups in total. The van der Waals surface area contributed by atoms with Gasteiger partial charge in [-0.1, -0.05) is 42.5 Å². The molecule has 1 heterocycles. The SMILES string of the molecule is CC(O)CCC/C=C/c1ccc2c(-c3ccc(O)cn3)cccc2c1. The van der Waals surface area contributed by atoms with Crippen LogP contribution in [0.4, 0.5) is 0 Å². The van der Waals surface area contributed by atoms with E-state index in [1.54, 1.807) is 6.07 Å². The minimum atomic E-state index is -0.221. The van der Waals surface area contributed by atoms with Gasteiger partial charge in [0.15, 0.2) is 0 Å². The number of aromatic hydroxyl groups is 1. The Balaban J connectivity index is 1.82. The van der Waals surface area contributed by atoms with Crippen molar-refractivity contribution in [3.63, 3.8) is 0 Å². The first-order valence-electron chi connectivity index (χ1n) is 8.66. The molecular weight excluding hydrogens is 310 g/mol. The number of hydrogen-bond acceptors (Lipinski definition) is 3. The fourth-order valence-electron chi connectivity index (χ4n) is 2.93. The molecule has 0 spiro atoms. The molecule has 0 aliphatic carbocycles. The smallest absolute Gasteiger partial charge is 0.133 e. The van der Waals surface area contributed by atoms with Gasteiger partial charge in [0, 0.05) is 5.56 Å². The number of nitrogens with zero attached hydrogens (tertiary/aromatic N) is 1. The second-order valence-corrected chi connectivity index (χ2v) is 6.37. The summed E-state index contributed by atoms with van der Waals surface area (Å²) in [7, 11) is 0. The highest BCUT2D eigenvalue weighted by Crippen LogP contribution is 2.29. The minimum absolute atomic E-state index is 0.173. The van der Waals surface area contributed by atoms with Crippen LogP contribution in [0.15, 0.2) is 60.8 Å². The summed E-state index contributed by atoms with van der Waals surface area (Å²) < 4.78 is 0. The lowest BCUT2D eigenvalue weighted by Crippen LogP contribution is -1.97. The minimum Gasteiger partial charge on any atom is -0.506 e. The van der Waals surface area contributed by atoms with E-state index in [0.29, 0.717) is 0 Å². The Morgan fingerprint density at radius 3 is 2.76 bits per heavy atom. The summed E-state index contributed by atoms with van der Waals surface area (Å²) in [6.45, 7) is 1.83. The van der Waals surface area contributed by atoms with Gasteiger partial charge in [-0.3, -0.25) is 4.98 Å². The van der Waals surface area contributed by atoms with Gasteiger partial charge in [-0.25, -0.2) is 0 Å². The van der Waals surface area contributed by atoms with Crippen LogP contribution in [-0.4, -0.2) is 21.3 Å². The molecule has 3 aromatic rings. The van der Waals surface area contributed by atoms with Crippen molar-refractivity contribution in [3.05, 3.63) is 66.4 Å². The molecule has 0 radical (unpaired) electrons. The Bertz CT molecular complexity index is 867. The van der Waals surface area contributed by atoms with Crippen molar-refractivity contribution in [1.29, 1.82) is 0 Å². The summed E-state index contributed by atoms with van der Waals surface area (Å²) in [4.78, 5) is 4.32. The second-order valence-electron chi connectivity index (χ2n) is 6.37. The fraction of sp³-hybridized carbons (Fsp3) is 0.227. The Morgan fingerprint density at radius 1 is 1.12 bits per heavy atom. The van der Waals surface area contributed by atoms with Crippen molar-refractivity contribution in [1.82, 2.24) is 4.98 Å². The first-order valence-corrected chi connectivity index (χ1v) is 8.66. The van der Waals surface area contributed by atoms with Crippen LogP contribution in [0.25, 0.3) is 28.1 Å². The molecule has 0 fully saturated rings. The monoisotopic (exact) mass is 333 g/mol. The molecule has 1 unspecified atom stereocenters. The number of aliphatic hydroxyl groups is 1. The van der Waals surface area contributed by atoms with Crippen molar-refractivity contribution in [2.45, 2.75) is 32.3 Å². The Morgan fingerprint density at radius 2 is 2.00 bits per heavy atom. The van der Waals surface area contributed by atoms with Gasteiger partial charge in [0.2, 0.25) is 0 Å². The van der Waals surface area contributed by atoms with Crippen molar-refractivity contribution in [2.75, 3.05) is 0 Å². The lowest BCUT2D eigenvalue weighted by Gasteiger charge is -2.07. The molecule has 0 aliphatic rings. The molecular formula is C22H23NO2. The Labute approximate surface area is 148 Å². The van der Waals surface area contributed by atoms with Gasteiger partial charge in [0.1, 0.15) is 5.75 Å². The number of pyridine rings is 1. The number of unbranched alkanes of at least 4 members (excludes halogenated alkanes) is 1. The summed E-state index contributed by atoms with van der Waals surface area (Å²) in [6, 6.07) is 16.1. The molecule has 0 aliphatic heterocycles. The fourth-order valence-corrected chi connectivity index (χ4v) is 2.93. The van der Waals surface area contributed by atoms with Crippen LogP contribution in [0.5, 0.6) is 5.75 Å². The first-order chi connectivity index (χ1) is 12.1. The van der Waals surface area contributed by atoms with Gasteiger partial charge in [-0.2, -0.15) is 0 Å². The molecule has 25 heavy (non-hydrogen) atoms. The molecule has 0 saturated carbocycles. The number of allylic oxidation sites excluding steroid dienone is 1. The average Bonchev–Trinajstić information content (AvgIpc) is 2.61. The zero-order valence-corrected chi connectivity index (χ0v) is 14.4. The molecule has 1 atom stereocenters. The van der Waals surface area contributed by atoms with Crippen LogP contribution in [0.1, 0.15) is 31.7 Å². The summed E-state index contributed by atoms with van der Waals surface area (Å²) in [6.07, 6.45) is 8.35. The highest BCUT2D eigenvalue weighted by atomic mass is 16.3. The number of rotatable bonds is 6. The highest BCUT2D eigenvalue weighted by molar-refractivity contribution is 5.96. The highest BCUT2D eigenvalue weighted by Gasteiger charge is 2.05. The predicted molar refractivity (Wildman–Crippen MR) is 103 cm³/mol. The molecule has 2 aromatic carbocycles. The van der Waals surface area contributed by atoms with E-state index in [-0.39, 0.29) is 11.9 Å². The van der Waals surface area contributed by atoms with Gasteiger partial charge in [0.05, 0.1) is 18.0 Å². The molecule has 128 valence electrons. The third-order valence-electron chi connectivity index (χ3n) is 4.23. The number of aliphatic hydroxyl groups excluding tert-OH is 1. The van der Waals surface area contributed by atoms with Gasteiger partial charge >= 0.3 is 0 Å². The lowest BCUT2D eigenvalue weighted by atomic mass is 9.99. The molecule has 3 heteroatoms. The van der Waals surface area contributed by atoms with Crippen molar-refractivity contribution in [3.8, 4) is 17.0 Å². The largest absolute Gasteiger partial charge is 0.506 e. The van der Waals surface area contributed by atoms with Crippen LogP contribution in [0.3, 0.4) is 0 Å². The molecule has 3 rings (SSSR count). The van der Waals surface area contributed by atoms with E-state index < -0.39 is 0 Å². The Kier molecular flexibility index (Phi) is 5.46. The summed E-state index contributed by atoms with van der Waals surface area (Å²) in [5.74, 6) is 0.173. The number of benzene rings is 2. The maximum atomic E-state index is 9.42. The molecule has 1 aromatic heterocycles. The summed E-state index contributed by atoms with van der Waals surface area (Å²) in [5, 5.41) is 21.0. The normalized spacial score (nSPS) is 12.7. The molecule has 3 nitrogen and oxygen atoms in total. The van der Waals surface area contributed by atoms with Crippen LogP contribution in [0, 0.1) is 0 Å². The van der Waals surface area contributed by atoms with Crippen molar-refractivity contribution in [2.24, 2.45) is 0 Å². The van der Waals surface area contributed by atoms with E-state index >= 15 is 0 Å². The number of aromatic nitrogens is 1. The quantitative estimate of drug-likeness (QED) is 0.612. The van der Waals surface area contributed by atoms with Crippen molar-refractivity contribution >= 4 is 16.8 Å². The van der Waals surface area contributed by atoms with E-state index in [0.717, 1.165) is 35.9 Å². The average molecular weight is 333 g/mol. The standard InChI is InChI=1S/C22H23NO2/c1-16(24)6-3-2-4-7-17-10-12-20-18(14-17)8-5-9-21(20)22-13-11-19(25)15-23-22/h4-5,7-16,24-25H,2-3,6H2,1H3/b7-4+. The molecule has 0 amide bonds. The first kappa shape index (κ1) is 17.2. The maximum absolute atomic E-state index is 9.42. The van der Waals surface area contributed by atoms with Gasteiger partial charge in [0.25, 0.3) is 0 Å². The summed E-state index contributed by atoms with van der Waals surface area (Å²) >= 11 is 0. The van der Waals surface area contributed by atoms with Crippen LogP contribution < -0.4 is 0 Å². The van der Waals surface area contributed by atoms with E-state index in [4.69, 9.17) is 0 Å². The third-order valence-corrected chi connectivity index (χ3v) is 4.23. The van der Waals surface area contributed by atoms with Gasteiger partial charge < -0.3 is 10.2 Å². The van der Waals surface area contributed by atoms with E-state index in [1.165, 1.54) is 17.1 Å². The zero-order chi connectivity index (χ0) is 17.6. The van der Waals surface area contributed by atoms with Gasteiger partial charge in [-0.15, -0.1) is 0 Å². The summed E-state index contributed by atoms with van der Waals surface area (Å²) in [5.41, 5.74) is 3.08. The predicted octanol–water partition coefficient (Wildman–Crippen LogP) is 5.17. The van der Waals surface area contributed by atoms with Crippen LogP contribution in [0.2, 0.25) is 0 Å². The lowest BCUT2D eigenvalue weighted by molar-refractivity contribution is 0.182. The number of hydrogen-bond donors (Lipinski definition) is 2. The van der Waals surface area contributed by atoms with E-state index in [1.807, 2.05) is 25.1 Å². The van der Waals surface area contributed by atoms with E-state index in [2.05, 4.69) is 41.4 Å². The van der Waals surface area contributed by atoms with Crippen molar-refractivity contribution < 1.29 is 10.2 Å². The Hall–Kier alpha value is -2.65. The van der Waals surface area contributed by atoms with Crippen LogP contribution in [-0.2, 0) is 0 Å².